The zero-order valence-corrected chi connectivity index (χ0v) is 11.6. The minimum atomic E-state index is -0.444. The molecule has 0 saturated heterocycles. The molecule has 0 radical (unpaired) electrons. The van der Waals surface area contributed by atoms with Crippen molar-refractivity contribution in [3.05, 3.63) is 60.3 Å². The lowest BCUT2D eigenvalue weighted by molar-refractivity contribution is 0.0521. The molecule has 0 amide bonds. The zero-order chi connectivity index (χ0) is 14.7. The van der Waals surface area contributed by atoms with E-state index in [0.29, 0.717) is 6.61 Å². The first-order valence-corrected chi connectivity index (χ1v) is 6.79. The van der Waals surface area contributed by atoms with Crippen LogP contribution in [0.5, 0.6) is 0 Å². The molecule has 21 heavy (non-hydrogen) atoms. The number of benzene rings is 2. The molecular formula is C17H14N2O2. The number of carbonyl (C=O) groups excluding carboxylic acids is 1. The lowest BCUT2D eigenvalue weighted by Gasteiger charge is -2.08. The van der Waals surface area contributed by atoms with Crippen molar-refractivity contribution < 1.29 is 9.53 Å². The second-order valence-electron chi connectivity index (χ2n) is 4.53. The number of fused-ring (bicyclic) bond motifs is 1. The van der Waals surface area contributed by atoms with E-state index in [1.807, 2.05) is 54.6 Å². The predicted molar refractivity (Wildman–Crippen MR) is 80.9 cm³/mol. The maximum Gasteiger partial charge on any atom is 0.359 e. The molecule has 0 saturated carbocycles. The Bertz CT molecular complexity index is 785. The van der Waals surface area contributed by atoms with Crippen LogP contribution in [-0.4, -0.2) is 22.8 Å². The summed E-state index contributed by atoms with van der Waals surface area (Å²) in [6.45, 7) is 2.08. The third kappa shape index (κ3) is 2.48. The molecule has 0 atom stereocenters. The largest absolute Gasteiger partial charge is 0.461 e. The number of aromatic nitrogens is 2. The van der Waals surface area contributed by atoms with Gasteiger partial charge in [-0.15, -0.1) is 10.2 Å². The lowest BCUT2D eigenvalue weighted by atomic mass is 10.0. The van der Waals surface area contributed by atoms with Gasteiger partial charge in [0.2, 0.25) is 0 Å². The van der Waals surface area contributed by atoms with Gasteiger partial charge in [0.1, 0.15) is 5.69 Å². The Labute approximate surface area is 122 Å². The number of rotatable bonds is 3. The smallest absolute Gasteiger partial charge is 0.359 e. The van der Waals surface area contributed by atoms with Crippen LogP contribution in [0, 0.1) is 0 Å². The highest BCUT2D eigenvalue weighted by Crippen LogP contribution is 2.27. The molecule has 0 spiro atoms. The number of nitrogens with zero attached hydrogens (tertiary/aromatic N) is 2. The molecule has 3 rings (SSSR count). The molecule has 0 aliphatic heterocycles. The van der Waals surface area contributed by atoms with Crippen LogP contribution in [0.15, 0.2) is 54.6 Å². The van der Waals surface area contributed by atoms with E-state index in [9.17, 15) is 4.79 Å². The van der Waals surface area contributed by atoms with Crippen molar-refractivity contribution in [1.29, 1.82) is 0 Å². The molecule has 4 heteroatoms. The maximum absolute atomic E-state index is 12.0. The van der Waals surface area contributed by atoms with Crippen LogP contribution in [0.2, 0.25) is 0 Å². The van der Waals surface area contributed by atoms with Crippen molar-refractivity contribution in [2.45, 2.75) is 6.92 Å². The second-order valence-corrected chi connectivity index (χ2v) is 4.53. The number of hydrogen-bond acceptors (Lipinski definition) is 4. The molecule has 104 valence electrons. The summed E-state index contributed by atoms with van der Waals surface area (Å²) in [7, 11) is 0. The molecule has 0 aliphatic carbocycles. The fourth-order valence-electron chi connectivity index (χ4n) is 2.26. The highest BCUT2D eigenvalue weighted by atomic mass is 16.5. The third-order valence-corrected chi connectivity index (χ3v) is 3.20. The zero-order valence-electron chi connectivity index (χ0n) is 11.6. The van der Waals surface area contributed by atoms with Crippen molar-refractivity contribution in [1.82, 2.24) is 10.2 Å². The topological polar surface area (TPSA) is 52.1 Å². The quantitative estimate of drug-likeness (QED) is 0.688. The SMILES string of the molecule is CCOC(=O)c1nnc(-c2ccccc2)c2ccccc12. The van der Waals surface area contributed by atoms with Crippen LogP contribution in [0.25, 0.3) is 22.0 Å². The van der Waals surface area contributed by atoms with Crippen LogP contribution in [0.3, 0.4) is 0 Å². The Morgan fingerprint density at radius 3 is 2.33 bits per heavy atom. The predicted octanol–water partition coefficient (Wildman–Crippen LogP) is 3.47. The Kier molecular flexibility index (Phi) is 3.60. The van der Waals surface area contributed by atoms with Crippen LogP contribution >= 0.6 is 0 Å². The van der Waals surface area contributed by atoms with Gasteiger partial charge in [-0.05, 0) is 6.92 Å². The molecule has 2 aromatic carbocycles. The summed E-state index contributed by atoms with van der Waals surface area (Å²) in [5, 5.41) is 9.95. The van der Waals surface area contributed by atoms with Gasteiger partial charge >= 0.3 is 5.97 Å². The molecule has 4 nitrogen and oxygen atoms in total. The van der Waals surface area contributed by atoms with Gasteiger partial charge in [0.25, 0.3) is 0 Å². The minimum Gasteiger partial charge on any atom is -0.461 e. The summed E-state index contributed by atoms with van der Waals surface area (Å²) >= 11 is 0. The summed E-state index contributed by atoms with van der Waals surface area (Å²) in [6.07, 6.45) is 0. The first kappa shape index (κ1) is 13.2. The van der Waals surface area contributed by atoms with Gasteiger partial charge in [-0.2, -0.15) is 0 Å². The number of carbonyl (C=O) groups is 1. The lowest BCUT2D eigenvalue weighted by Crippen LogP contribution is -2.09. The second kappa shape index (κ2) is 5.71. The van der Waals surface area contributed by atoms with Crippen LogP contribution in [0.4, 0.5) is 0 Å². The number of hydrogen-bond donors (Lipinski definition) is 0. The first-order valence-electron chi connectivity index (χ1n) is 6.79. The minimum absolute atomic E-state index is 0.257. The van der Waals surface area contributed by atoms with E-state index in [1.54, 1.807) is 6.92 Å². The molecule has 0 fully saturated rings. The average molecular weight is 278 g/mol. The van der Waals surface area contributed by atoms with Crippen molar-refractivity contribution in [2.75, 3.05) is 6.61 Å². The summed E-state index contributed by atoms with van der Waals surface area (Å²) < 4.78 is 5.04. The summed E-state index contributed by atoms with van der Waals surface area (Å²) in [5.74, 6) is -0.444. The van der Waals surface area contributed by atoms with E-state index in [4.69, 9.17) is 4.74 Å². The molecule has 1 heterocycles. The average Bonchev–Trinajstić information content (AvgIpc) is 2.55. The highest BCUT2D eigenvalue weighted by Gasteiger charge is 2.16. The number of ether oxygens (including phenoxy) is 1. The molecule has 0 N–H and O–H groups in total. The molecule has 3 aromatic rings. The van der Waals surface area contributed by atoms with Gasteiger partial charge in [-0.3, -0.25) is 0 Å². The van der Waals surface area contributed by atoms with Crippen molar-refractivity contribution >= 4 is 16.7 Å². The van der Waals surface area contributed by atoms with E-state index in [0.717, 1.165) is 22.0 Å². The van der Waals surface area contributed by atoms with Crippen LogP contribution in [-0.2, 0) is 4.74 Å². The van der Waals surface area contributed by atoms with Gasteiger partial charge in [0.05, 0.1) is 6.61 Å². The molecule has 0 unspecified atom stereocenters. The van der Waals surface area contributed by atoms with Gasteiger partial charge in [-0.1, -0.05) is 54.6 Å². The van der Waals surface area contributed by atoms with E-state index in [-0.39, 0.29) is 5.69 Å². The van der Waals surface area contributed by atoms with Gasteiger partial charge in [0.15, 0.2) is 5.69 Å². The molecular weight excluding hydrogens is 264 g/mol. The van der Waals surface area contributed by atoms with Crippen molar-refractivity contribution in [3.63, 3.8) is 0 Å². The summed E-state index contributed by atoms with van der Waals surface area (Å²) in [4.78, 5) is 12.0. The third-order valence-electron chi connectivity index (χ3n) is 3.20. The van der Waals surface area contributed by atoms with E-state index >= 15 is 0 Å². The van der Waals surface area contributed by atoms with E-state index < -0.39 is 5.97 Å². The van der Waals surface area contributed by atoms with E-state index in [1.165, 1.54) is 0 Å². The molecule has 0 aliphatic rings. The van der Waals surface area contributed by atoms with Crippen LogP contribution < -0.4 is 0 Å². The van der Waals surface area contributed by atoms with Gasteiger partial charge in [0, 0.05) is 16.3 Å². The Morgan fingerprint density at radius 1 is 0.952 bits per heavy atom. The highest BCUT2D eigenvalue weighted by molar-refractivity contribution is 6.06. The van der Waals surface area contributed by atoms with E-state index in [2.05, 4.69) is 10.2 Å². The summed E-state index contributed by atoms with van der Waals surface area (Å²) in [6, 6.07) is 17.4. The van der Waals surface area contributed by atoms with Crippen molar-refractivity contribution in [3.8, 4) is 11.3 Å². The molecule has 0 bridgehead atoms. The normalized spacial score (nSPS) is 10.5. The Hall–Kier alpha value is -2.75. The Balaban J connectivity index is 2.22. The van der Waals surface area contributed by atoms with Gasteiger partial charge < -0.3 is 4.74 Å². The van der Waals surface area contributed by atoms with Crippen LogP contribution in [0.1, 0.15) is 17.4 Å². The maximum atomic E-state index is 12.0. The number of esters is 1. The van der Waals surface area contributed by atoms with Crippen molar-refractivity contribution in [2.24, 2.45) is 0 Å². The first-order chi connectivity index (χ1) is 10.3. The fourth-order valence-corrected chi connectivity index (χ4v) is 2.26. The summed E-state index contributed by atoms with van der Waals surface area (Å²) in [5.41, 5.74) is 1.99. The van der Waals surface area contributed by atoms with Gasteiger partial charge in [-0.25, -0.2) is 4.79 Å². The Morgan fingerprint density at radius 2 is 1.62 bits per heavy atom. The standard InChI is InChI=1S/C17H14N2O2/c1-2-21-17(20)16-14-11-7-6-10-13(14)15(18-19-16)12-8-4-3-5-9-12/h3-11H,2H2,1H3. The monoisotopic (exact) mass is 278 g/mol. The fraction of sp³-hybridized carbons (Fsp3) is 0.118. The molecule has 1 aromatic heterocycles.